The number of para-hydroxylation sites is 1. The second-order valence-corrected chi connectivity index (χ2v) is 6.86. The van der Waals surface area contributed by atoms with Gasteiger partial charge in [0.05, 0.1) is 10.9 Å². The van der Waals surface area contributed by atoms with E-state index in [1.165, 1.54) is 12.1 Å². The topological polar surface area (TPSA) is 72.0 Å². The van der Waals surface area contributed by atoms with Crippen LogP contribution in [0.1, 0.15) is 28.5 Å². The maximum atomic E-state index is 13.8. The molecule has 5 nitrogen and oxygen atoms in total. The maximum absolute atomic E-state index is 13.8. The molecule has 0 aliphatic rings. The van der Waals surface area contributed by atoms with Gasteiger partial charge in [0, 0.05) is 10.1 Å². The molecule has 0 saturated carbocycles. The van der Waals surface area contributed by atoms with Crippen molar-refractivity contribution in [2.24, 2.45) is 0 Å². The molecule has 4 aromatic rings. The maximum Gasteiger partial charge on any atom is 0.349 e. The Morgan fingerprint density at radius 3 is 2.81 bits per heavy atom. The minimum atomic E-state index is -0.755. The molecule has 2 heterocycles. The zero-order valence-electron chi connectivity index (χ0n) is 13.7. The number of aromatic amines is 1. The molecule has 0 aliphatic heterocycles. The van der Waals surface area contributed by atoms with Gasteiger partial charge in [0.15, 0.2) is 11.9 Å². The highest BCUT2D eigenvalue weighted by molar-refractivity contribution is 7.20. The monoisotopic (exact) mass is 368 g/mol. The normalized spacial score (nSPS) is 12.4. The van der Waals surface area contributed by atoms with Gasteiger partial charge in [-0.15, -0.1) is 11.3 Å². The largest absolute Gasteiger partial charge is 0.450 e. The van der Waals surface area contributed by atoms with Crippen molar-refractivity contribution >= 4 is 38.3 Å². The van der Waals surface area contributed by atoms with Gasteiger partial charge in [0.1, 0.15) is 10.7 Å². The summed E-state index contributed by atoms with van der Waals surface area (Å²) in [6.07, 6.45) is -0.755. The Labute approximate surface area is 151 Å². The summed E-state index contributed by atoms with van der Waals surface area (Å²) in [6.45, 7) is 1.62. The average molecular weight is 368 g/mol. The molecule has 0 radical (unpaired) electrons. The number of thiophene rings is 1. The quantitative estimate of drug-likeness (QED) is 0.550. The van der Waals surface area contributed by atoms with Crippen LogP contribution in [-0.4, -0.2) is 15.9 Å². The van der Waals surface area contributed by atoms with Crippen LogP contribution < -0.4 is 5.56 Å². The molecular weight excluding hydrogens is 355 g/mol. The van der Waals surface area contributed by atoms with Gasteiger partial charge in [-0.25, -0.2) is 14.2 Å². The number of nitrogens with one attached hydrogen (secondary N) is 1. The summed E-state index contributed by atoms with van der Waals surface area (Å²) in [5, 5.41) is 0.851. The molecule has 2 aromatic heterocycles. The Hall–Kier alpha value is -3.06. The first-order chi connectivity index (χ1) is 12.5. The van der Waals surface area contributed by atoms with Crippen LogP contribution >= 0.6 is 11.3 Å². The zero-order chi connectivity index (χ0) is 18.3. The lowest BCUT2D eigenvalue weighted by atomic mass is 10.2. The van der Waals surface area contributed by atoms with E-state index in [1.54, 1.807) is 43.3 Å². The molecule has 1 atom stereocenters. The Kier molecular flexibility index (Phi) is 4.00. The van der Waals surface area contributed by atoms with E-state index < -0.39 is 12.1 Å². The minimum Gasteiger partial charge on any atom is -0.450 e. The van der Waals surface area contributed by atoms with Gasteiger partial charge >= 0.3 is 5.97 Å². The van der Waals surface area contributed by atoms with Gasteiger partial charge in [-0.1, -0.05) is 18.2 Å². The lowest BCUT2D eigenvalue weighted by molar-refractivity contribution is 0.0326. The molecule has 2 aromatic carbocycles. The Bertz CT molecular complexity index is 1200. The second-order valence-electron chi connectivity index (χ2n) is 5.78. The molecule has 0 unspecified atom stereocenters. The molecule has 0 aliphatic carbocycles. The molecule has 26 heavy (non-hydrogen) atoms. The van der Waals surface area contributed by atoms with E-state index in [1.807, 2.05) is 0 Å². The first-order valence-corrected chi connectivity index (χ1v) is 8.72. The minimum absolute atomic E-state index is 0.259. The molecule has 0 spiro atoms. The predicted molar refractivity (Wildman–Crippen MR) is 98.0 cm³/mol. The van der Waals surface area contributed by atoms with E-state index in [9.17, 15) is 14.0 Å². The highest BCUT2D eigenvalue weighted by atomic mass is 32.1. The number of esters is 1. The van der Waals surface area contributed by atoms with E-state index in [-0.39, 0.29) is 17.2 Å². The van der Waals surface area contributed by atoms with E-state index in [0.29, 0.717) is 25.9 Å². The third-order valence-corrected chi connectivity index (χ3v) is 5.09. The first kappa shape index (κ1) is 16.4. The summed E-state index contributed by atoms with van der Waals surface area (Å²) in [5.41, 5.74) is 0.232. The number of benzene rings is 2. The standard InChI is InChI=1S/C19H13FN2O3S/c1-10(17-21-14-7-3-2-5-11(14)18(23)22-17)25-19(24)16-9-12-13(20)6-4-8-15(12)26-16/h2-10H,1H3,(H,21,22,23)/t10-/m0/s1. The lowest BCUT2D eigenvalue weighted by Gasteiger charge is -2.12. The fraction of sp³-hybridized carbons (Fsp3) is 0.105. The van der Waals surface area contributed by atoms with E-state index in [2.05, 4.69) is 9.97 Å². The summed E-state index contributed by atoms with van der Waals surface area (Å²) < 4.78 is 19.9. The molecule has 0 amide bonds. The van der Waals surface area contributed by atoms with Crippen molar-refractivity contribution in [1.82, 2.24) is 9.97 Å². The van der Waals surface area contributed by atoms with Crippen LogP contribution in [0, 0.1) is 5.82 Å². The van der Waals surface area contributed by atoms with Gasteiger partial charge in [0.25, 0.3) is 5.56 Å². The third-order valence-electron chi connectivity index (χ3n) is 4.01. The fourth-order valence-electron chi connectivity index (χ4n) is 2.70. The highest BCUT2D eigenvalue weighted by Gasteiger charge is 2.19. The van der Waals surface area contributed by atoms with Crippen LogP contribution in [0.4, 0.5) is 4.39 Å². The number of carbonyl (C=O) groups excluding carboxylic acids is 1. The zero-order valence-corrected chi connectivity index (χ0v) is 14.5. The van der Waals surface area contributed by atoms with Gasteiger partial charge in [-0.3, -0.25) is 4.79 Å². The average Bonchev–Trinajstić information content (AvgIpc) is 3.07. The van der Waals surface area contributed by atoms with Crippen LogP contribution in [0.25, 0.3) is 21.0 Å². The van der Waals surface area contributed by atoms with E-state index in [0.717, 1.165) is 11.3 Å². The van der Waals surface area contributed by atoms with Crippen molar-refractivity contribution in [2.45, 2.75) is 13.0 Å². The summed E-state index contributed by atoms with van der Waals surface area (Å²) in [5.74, 6) is -0.713. The fourth-order valence-corrected chi connectivity index (χ4v) is 3.66. The van der Waals surface area contributed by atoms with Crippen LogP contribution in [0.2, 0.25) is 0 Å². The first-order valence-electron chi connectivity index (χ1n) is 7.91. The number of H-pyrrole nitrogens is 1. The number of aromatic nitrogens is 2. The number of fused-ring (bicyclic) bond motifs is 2. The SMILES string of the molecule is C[C@H](OC(=O)c1cc2c(F)cccc2s1)c1nc2ccccc2c(=O)[nH]1. The molecule has 7 heteroatoms. The Morgan fingerprint density at radius 2 is 2.00 bits per heavy atom. The van der Waals surface area contributed by atoms with Gasteiger partial charge in [-0.2, -0.15) is 0 Å². The molecule has 1 N–H and O–H groups in total. The number of rotatable bonds is 3. The number of ether oxygens (including phenoxy) is 1. The van der Waals surface area contributed by atoms with Crippen LogP contribution in [0.5, 0.6) is 0 Å². The van der Waals surface area contributed by atoms with Crippen molar-refractivity contribution < 1.29 is 13.9 Å². The predicted octanol–water partition coefficient (Wildman–Crippen LogP) is 4.19. The number of hydrogen-bond acceptors (Lipinski definition) is 5. The highest BCUT2D eigenvalue weighted by Crippen LogP contribution is 2.29. The summed E-state index contributed by atoms with van der Waals surface area (Å²) >= 11 is 1.16. The molecular formula is C19H13FN2O3S. The molecule has 130 valence electrons. The summed E-state index contributed by atoms with van der Waals surface area (Å²) in [7, 11) is 0. The Balaban J connectivity index is 1.62. The number of carbonyl (C=O) groups is 1. The van der Waals surface area contributed by atoms with Gasteiger partial charge < -0.3 is 9.72 Å². The Morgan fingerprint density at radius 1 is 1.19 bits per heavy atom. The molecule has 0 fully saturated rings. The molecule has 0 saturated heterocycles. The van der Waals surface area contributed by atoms with Gasteiger partial charge in [-0.05, 0) is 37.3 Å². The summed E-state index contributed by atoms with van der Waals surface area (Å²) in [6, 6.07) is 13.1. The van der Waals surface area contributed by atoms with E-state index >= 15 is 0 Å². The second kappa shape index (κ2) is 6.34. The van der Waals surface area contributed by atoms with Crippen molar-refractivity contribution in [2.75, 3.05) is 0 Å². The van der Waals surface area contributed by atoms with Crippen LogP contribution in [-0.2, 0) is 4.74 Å². The molecule has 0 bridgehead atoms. The van der Waals surface area contributed by atoms with Crippen molar-refractivity contribution in [1.29, 1.82) is 0 Å². The van der Waals surface area contributed by atoms with Crippen molar-refractivity contribution in [3.8, 4) is 0 Å². The van der Waals surface area contributed by atoms with Crippen molar-refractivity contribution in [3.63, 3.8) is 0 Å². The number of nitrogens with zero attached hydrogens (tertiary/aromatic N) is 1. The summed E-state index contributed by atoms with van der Waals surface area (Å²) in [4.78, 5) is 31.8. The van der Waals surface area contributed by atoms with Crippen molar-refractivity contribution in [3.05, 3.63) is 75.4 Å². The third kappa shape index (κ3) is 2.86. The smallest absolute Gasteiger partial charge is 0.349 e. The molecule has 4 rings (SSSR count). The van der Waals surface area contributed by atoms with Crippen LogP contribution in [0.3, 0.4) is 0 Å². The van der Waals surface area contributed by atoms with Crippen LogP contribution in [0.15, 0.2) is 53.3 Å². The number of hydrogen-bond donors (Lipinski definition) is 1. The number of halogens is 1. The van der Waals surface area contributed by atoms with Gasteiger partial charge in [0.2, 0.25) is 0 Å². The van der Waals surface area contributed by atoms with E-state index in [4.69, 9.17) is 4.74 Å². The lowest BCUT2D eigenvalue weighted by Crippen LogP contribution is -2.17.